The number of amides is 2. The van der Waals surface area contributed by atoms with Crippen LogP contribution in [0.2, 0.25) is 0 Å². The first-order valence-electron chi connectivity index (χ1n) is 7.07. The zero-order valence-corrected chi connectivity index (χ0v) is 11.0. The number of carbonyl (C=O) groups excluding carboxylic acids is 1. The molecule has 2 amide bonds. The van der Waals surface area contributed by atoms with Crippen molar-refractivity contribution in [2.75, 3.05) is 6.54 Å². The Balaban J connectivity index is 1.93. The first kappa shape index (κ1) is 13.2. The Labute approximate surface area is 109 Å². The summed E-state index contributed by atoms with van der Waals surface area (Å²) in [6.45, 7) is 0.267. The fraction of sp³-hybridized carbons (Fsp3) is 0.846. The van der Waals surface area contributed by atoms with Gasteiger partial charge in [-0.1, -0.05) is 25.7 Å². The first-order chi connectivity index (χ1) is 8.66. The number of urea groups is 1. The largest absolute Gasteiger partial charge is 0.386 e. The number of hydrogen-bond donors (Lipinski definition) is 3. The van der Waals surface area contributed by atoms with Crippen molar-refractivity contribution >= 4 is 11.9 Å². The van der Waals surface area contributed by atoms with Gasteiger partial charge in [-0.25, -0.2) is 4.79 Å². The van der Waals surface area contributed by atoms with Crippen LogP contribution in [0, 0.1) is 5.41 Å². The number of amidine groups is 1. The maximum Gasteiger partial charge on any atom is 0.318 e. The second-order valence-electron chi connectivity index (χ2n) is 5.52. The van der Waals surface area contributed by atoms with Gasteiger partial charge in [-0.3, -0.25) is 5.41 Å². The van der Waals surface area contributed by atoms with Crippen LogP contribution in [0.3, 0.4) is 0 Å². The van der Waals surface area contributed by atoms with Gasteiger partial charge < -0.3 is 16.0 Å². The van der Waals surface area contributed by atoms with E-state index in [1.54, 1.807) is 4.90 Å². The molecule has 0 aromatic rings. The summed E-state index contributed by atoms with van der Waals surface area (Å²) in [5.74, 6) is 0.0727. The molecule has 2 rings (SSSR count). The number of hydrogen-bond acceptors (Lipinski definition) is 2. The summed E-state index contributed by atoms with van der Waals surface area (Å²) >= 11 is 0. The molecule has 0 heterocycles. The lowest BCUT2D eigenvalue weighted by atomic mass is 10.2. The summed E-state index contributed by atoms with van der Waals surface area (Å²) < 4.78 is 0. The second kappa shape index (κ2) is 6.07. The van der Waals surface area contributed by atoms with E-state index in [0.29, 0.717) is 6.04 Å². The predicted molar refractivity (Wildman–Crippen MR) is 71.7 cm³/mol. The highest BCUT2D eigenvalue weighted by molar-refractivity contribution is 5.85. The zero-order valence-electron chi connectivity index (χ0n) is 11.0. The Bertz CT molecular complexity index is 306. The number of nitrogens with one attached hydrogen (secondary N) is 2. The Morgan fingerprint density at radius 2 is 1.72 bits per heavy atom. The quantitative estimate of drug-likeness (QED) is 0.527. The van der Waals surface area contributed by atoms with Crippen molar-refractivity contribution < 1.29 is 4.79 Å². The fourth-order valence-corrected chi connectivity index (χ4v) is 3.09. The van der Waals surface area contributed by atoms with E-state index in [0.717, 1.165) is 25.7 Å². The van der Waals surface area contributed by atoms with Crippen LogP contribution in [0.5, 0.6) is 0 Å². The molecule has 0 bridgehead atoms. The lowest BCUT2D eigenvalue weighted by Crippen LogP contribution is -2.50. The third kappa shape index (κ3) is 3.37. The zero-order chi connectivity index (χ0) is 13.0. The van der Waals surface area contributed by atoms with Gasteiger partial charge in [0.1, 0.15) is 5.84 Å². The van der Waals surface area contributed by atoms with E-state index in [-0.39, 0.29) is 24.5 Å². The van der Waals surface area contributed by atoms with E-state index in [1.165, 1.54) is 25.7 Å². The van der Waals surface area contributed by atoms with Crippen molar-refractivity contribution in [1.29, 1.82) is 5.41 Å². The maximum atomic E-state index is 12.3. The summed E-state index contributed by atoms with van der Waals surface area (Å²) in [4.78, 5) is 14.1. The summed E-state index contributed by atoms with van der Waals surface area (Å²) in [5, 5.41) is 10.5. The van der Waals surface area contributed by atoms with Crippen molar-refractivity contribution in [2.45, 2.75) is 63.5 Å². The van der Waals surface area contributed by atoms with E-state index in [1.807, 2.05) is 0 Å². The van der Waals surface area contributed by atoms with E-state index in [4.69, 9.17) is 11.1 Å². The Kier molecular flexibility index (Phi) is 4.44. The first-order valence-corrected chi connectivity index (χ1v) is 7.07. The molecule has 4 N–H and O–H groups in total. The number of rotatable bonds is 4. The van der Waals surface area contributed by atoms with E-state index in [9.17, 15) is 4.79 Å². The second-order valence-corrected chi connectivity index (χ2v) is 5.52. The standard InChI is InChI=1S/C13H24N4O/c14-12(15)9-17(11-7-3-4-8-11)13(18)16-10-5-1-2-6-10/h10-11H,1-9H2,(H3,14,15)(H,16,18). The van der Waals surface area contributed by atoms with Crippen molar-refractivity contribution in [3.63, 3.8) is 0 Å². The van der Waals surface area contributed by atoms with Crippen molar-refractivity contribution in [1.82, 2.24) is 10.2 Å². The smallest absolute Gasteiger partial charge is 0.318 e. The van der Waals surface area contributed by atoms with Gasteiger partial charge in [0.05, 0.1) is 6.54 Å². The molecule has 0 radical (unpaired) electrons. The minimum atomic E-state index is -0.0241. The molecule has 5 nitrogen and oxygen atoms in total. The predicted octanol–water partition coefficient (Wildman–Crippen LogP) is 1.82. The molecule has 0 atom stereocenters. The molecule has 2 aliphatic rings. The van der Waals surface area contributed by atoms with Crippen LogP contribution in [0.15, 0.2) is 0 Å². The van der Waals surface area contributed by atoms with Crippen LogP contribution >= 0.6 is 0 Å². The lowest BCUT2D eigenvalue weighted by Gasteiger charge is -2.30. The molecule has 2 fully saturated rings. The minimum Gasteiger partial charge on any atom is -0.386 e. The van der Waals surface area contributed by atoms with Crippen LogP contribution in [-0.4, -0.2) is 35.4 Å². The van der Waals surface area contributed by atoms with E-state index < -0.39 is 0 Å². The van der Waals surface area contributed by atoms with E-state index in [2.05, 4.69) is 5.32 Å². The molecule has 0 saturated heterocycles. The van der Waals surface area contributed by atoms with Gasteiger partial charge in [0.15, 0.2) is 0 Å². The third-order valence-electron chi connectivity index (χ3n) is 4.05. The van der Waals surface area contributed by atoms with Crippen LogP contribution in [0.4, 0.5) is 4.79 Å². The highest BCUT2D eigenvalue weighted by atomic mass is 16.2. The minimum absolute atomic E-state index is 0.0241. The van der Waals surface area contributed by atoms with Crippen LogP contribution < -0.4 is 11.1 Å². The molecule has 18 heavy (non-hydrogen) atoms. The lowest BCUT2D eigenvalue weighted by molar-refractivity contribution is 0.181. The highest BCUT2D eigenvalue weighted by Crippen LogP contribution is 2.24. The van der Waals surface area contributed by atoms with Crippen LogP contribution in [0.25, 0.3) is 0 Å². The van der Waals surface area contributed by atoms with Gasteiger partial charge >= 0.3 is 6.03 Å². The third-order valence-corrected chi connectivity index (χ3v) is 4.05. The summed E-state index contributed by atoms with van der Waals surface area (Å²) in [5.41, 5.74) is 5.47. The topological polar surface area (TPSA) is 82.2 Å². The summed E-state index contributed by atoms with van der Waals surface area (Å²) in [6.07, 6.45) is 9.04. The molecule has 5 heteroatoms. The molecular weight excluding hydrogens is 228 g/mol. The summed E-state index contributed by atoms with van der Waals surface area (Å²) in [7, 11) is 0. The molecular formula is C13H24N4O. The molecule has 0 unspecified atom stereocenters. The van der Waals surface area contributed by atoms with Crippen molar-refractivity contribution in [3.05, 3.63) is 0 Å². The van der Waals surface area contributed by atoms with Crippen LogP contribution in [-0.2, 0) is 0 Å². The number of nitrogens with zero attached hydrogens (tertiary/aromatic N) is 1. The SMILES string of the molecule is N=C(N)CN(C(=O)NC1CCCC1)C1CCCC1. The highest BCUT2D eigenvalue weighted by Gasteiger charge is 2.28. The average molecular weight is 252 g/mol. The monoisotopic (exact) mass is 252 g/mol. The fourth-order valence-electron chi connectivity index (χ4n) is 3.09. The van der Waals surface area contributed by atoms with Gasteiger partial charge in [-0.15, -0.1) is 0 Å². The Hall–Kier alpha value is -1.26. The molecule has 0 aromatic heterocycles. The average Bonchev–Trinajstić information content (AvgIpc) is 2.97. The molecule has 0 aromatic carbocycles. The molecule has 0 aliphatic heterocycles. The Morgan fingerprint density at radius 1 is 1.17 bits per heavy atom. The normalized spacial score (nSPS) is 21.1. The van der Waals surface area contributed by atoms with Gasteiger partial charge in [0, 0.05) is 12.1 Å². The Morgan fingerprint density at radius 3 is 2.28 bits per heavy atom. The van der Waals surface area contributed by atoms with Gasteiger partial charge in [0.2, 0.25) is 0 Å². The van der Waals surface area contributed by atoms with E-state index >= 15 is 0 Å². The van der Waals surface area contributed by atoms with Crippen molar-refractivity contribution in [3.8, 4) is 0 Å². The van der Waals surface area contributed by atoms with Crippen LogP contribution in [0.1, 0.15) is 51.4 Å². The van der Waals surface area contributed by atoms with Crippen molar-refractivity contribution in [2.24, 2.45) is 5.73 Å². The molecule has 0 spiro atoms. The van der Waals surface area contributed by atoms with Gasteiger partial charge in [0.25, 0.3) is 0 Å². The number of carbonyl (C=O) groups is 1. The van der Waals surface area contributed by atoms with Gasteiger partial charge in [-0.2, -0.15) is 0 Å². The summed E-state index contributed by atoms with van der Waals surface area (Å²) in [6, 6.07) is 0.577. The number of nitrogens with two attached hydrogens (primary N) is 1. The molecule has 2 aliphatic carbocycles. The molecule has 2 saturated carbocycles. The molecule has 102 valence electrons. The van der Waals surface area contributed by atoms with Gasteiger partial charge in [-0.05, 0) is 25.7 Å². The maximum absolute atomic E-state index is 12.3.